The molecule has 19 heavy (non-hydrogen) atoms. The van der Waals surface area contributed by atoms with E-state index < -0.39 is 17.8 Å². The molecular weight excluding hydrogens is 409 g/mol. The molecule has 0 fully saturated rings. The zero-order chi connectivity index (χ0) is 14.2. The van der Waals surface area contributed by atoms with Gasteiger partial charge >= 0.3 is 6.18 Å². The predicted molar refractivity (Wildman–Crippen MR) is 75.0 cm³/mol. The first-order chi connectivity index (χ1) is 8.80. The Morgan fingerprint density at radius 1 is 1.32 bits per heavy atom. The van der Waals surface area contributed by atoms with Crippen LogP contribution >= 0.6 is 43.2 Å². The van der Waals surface area contributed by atoms with Crippen molar-refractivity contribution in [2.24, 2.45) is 5.73 Å². The van der Waals surface area contributed by atoms with Crippen LogP contribution in [0.15, 0.2) is 32.8 Å². The van der Waals surface area contributed by atoms with E-state index in [1.54, 1.807) is 6.07 Å². The van der Waals surface area contributed by atoms with Gasteiger partial charge in [0.1, 0.15) is 0 Å². The van der Waals surface area contributed by atoms with E-state index in [0.717, 1.165) is 26.7 Å². The van der Waals surface area contributed by atoms with E-state index in [1.165, 1.54) is 11.3 Å². The Bertz CT molecular complexity index is 578. The molecule has 0 radical (unpaired) electrons. The molecule has 0 aromatic carbocycles. The van der Waals surface area contributed by atoms with Crippen LogP contribution in [0.4, 0.5) is 13.2 Å². The van der Waals surface area contributed by atoms with E-state index in [0.29, 0.717) is 4.88 Å². The third-order valence-electron chi connectivity index (χ3n) is 2.46. The van der Waals surface area contributed by atoms with Gasteiger partial charge in [-0.05, 0) is 44.0 Å². The van der Waals surface area contributed by atoms with Crippen LogP contribution < -0.4 is 5.73 Å². The van der Waals surface area contributed by atoms with Gasteiger partial charge in [0.15, 0.2) is 0 Å². The smallest absolute Gasteiger partial charge is 0.320 e. The Balaban J connectivity index is 2.47. The van der Waals surface area contributed by atoms with Gasteiger partial charge in [0.2, 0.25) is 0 Å². The second kappa shape index (κ2) is 5.51. The zero-order valence-corrected chi connectivity index (χ0v) is 13.2. The molecule has 1 atom stereocenters. The van der Waals surface area contributed by atoms with Crippen LogP contribution in [0.5, 0.6) is 0 Å². The lowest BCUT2D eigenvalue weighted by atomic mass is 10.0. The Morgan fingerprint density at radius 2 is 2.00 bits per heavy atom. The van der Waals surface area contributed by atoms with Gasteiger partial charge < -0.3 is 5.73 Å². The van der Waals surface area contributed by atoms with Gasteiger partial charge in [0.25, 0.3) is 0 Å². The van der Waals surface area contributed by atoms with Crippen molar-refractivity contribution in [1.82, 2.24) is 4.98 Å². The Hall–Kier alpha value is -0.440. The van der Waals surface area contributed by atoms with Gasteiger partial charge in [-0.25, -0.2) is 0 Å². The van der Waals surface area contributed by atoms with Gasteiger partial charge in [0, 0.05) is 27.3 Å². The van der Waals surface area contributed by atoms with Gasteiger partial charge in [-0.2, -0.15) is 13.2 Å². The third-order valence-corrected chi connectivity index (χ3v) is 5.80. The molecule has 102 valence electrons. The molecule has 0 aliphatic rings. The van der Waals surface area contributed by atoms with Crippen molar-refractivity contribution in [2.45, 2.75) is 12.2 Å². The average Bonchev–Trinajstić information content (AvgIpc) is 2.68. The van der Waals surface area contributed by atoms with Gasteiger partial charge in [-0.3, -0.25) is 4.98 Å². The first-order valence-electron chi connectivity index (χ1n) is 5.02. The van der Waals surface area contributed by atoms with Crippen molar-refractivity contribution in [1.29, 1.82) is 0 Å². The van der Waals surface area contributed by atoms with Crippen LogP contribution in [0.1, 0.15) is 22.0 Å². The highest BCUT2D eigenvalue weighted by atomic mass is 79.9. The summed E-state index contributed by atoms with van der Waals surface area (Å²) < 4.78 is 40.3. The minimum Gasteiger partial charge on any atom is -0.320 e. The summed E-state index contributed by atoms with van der Waals surface area (Å²) in [7, 11) is 0. The maximum absolute atomic E-state index is 12.9. The van der Waals surface area contributed by atoms with Crippen LogP contribution in [-0.2, 0) is 6.18 Å². The number of hydrogen-bond acceptors (Lipinski definition) is 3. The van der Waals surface area contributed by atoms with E-state index in [1.807, 2.05) is 0 Å². The summed E-state index contributed by atoms with van der Waals surface area (Å²) in [6.07, 6.45) is -2.17. The Labute approximate surface area is 128 Å². The lowest BCUT2D eigenvalue weighted by Crippen LogP contribution is -2.18. The first kappa shape index (κ1) is 15.0. The topological polar surface area (TPSA) is 38.9 Å². The molecule has 2 heterocycles. The lowest BCUT2D eigenvalue weighted by molar-refractivity contribution is -0.138. The van der Waals surface area contributed by atoms with Crippen LogP contribution in [0, 0.1) is 0 Å². The van der Waals surface area contributed by atoms with Crippen LogP contribution in [0.3, 0.4) is 0 Å². The molecule has 8 heteroatoms. The monoisotopic (exact) mass is 414 g/mol. The standard InChI is InChI=1S/C11H7Br2F3N2S/c12-7-3-8(19-10(7)13)9(17)5-4-18-2-1-6(5)11(14,15)16/h1-4,9H,17H2. The molecule has 2 aromatic heterocycles. The molecule has 0 saturated carbocycles. The molecule has 1 unspecified atom stereocenters. The Kier molecular flexibility index (Phi) is 4.34. The highest BCUT2D eigenvalue weighted by molar-refractivity contribution is 9.13. The first-order valence-corrected chi connectivity index (χ1v) is 7.42. The summed E-state index contributed by atoms with van der Waals surface area (Å²) in [6, 6.07) is 1.78. The number of aromatic nitrogens is 1. The molecule has 0 aliphatic heterocycles. The molecule has 0 bridgehead atoms. The molecule has 2 rings (SSSR count). The van der Waals surface area contributed by atoms with E-state index in [2.05, 4.69) is 36.8 Å². The summed E-state index contributed by atoms with van der Waals surface area (Å²) in [5.74, 6) is 0. The van der Waals surface area contributed by atoms with Gasteiger partial charge in [-0.1, -0.05) is 0 Å². The highest BCUT2D eigenvalue weighted by Gasteiger charge is 2.35. The molecule has 0 amide bonds. The normalized spacial score (nSPS) is 13.6. The fraction of sp³-hybridized carbons (Fsp3) is 0.182. The summed E-state index contributed by atoms with van der Waals surface area (Å²) in [5.41, 5.74) is 5.14. The number of halogens is 5. The molecule has 0 spiro atoms. The average molecular weight is 416 g/mol. The largest absolute Gasteiger partial charge is 0.416 e. The second-order valence-corrected chi connectivity index (χ2v) is 6.96. The number of hydrogen-bond donors (Lipinski definition) is 1. The van der Waals surface area contributed by atoms with Crippen molar-refractivity contribution in [2.75, 3.05) is 0 Å². The third kappa shape index (κ3) is 3.18. The quantitative estimate of drug-likeness (QED) is 0.769. The molecule has 0 aliphatic carbocycles. The number of pyridine rings is 1. The van der Waals surface area contributed by atoms with E-state index in [4.69, 9.17) is 5.73 Å². The van der Waals surface area contributed by atoms with Crippen LogP contribution in [0.25, 0.3) is 0 Å². The van der Waals surface area contributed by atoms with Gasteiger partial charge in [-0.15, -0.1) is 11.3 Å². The van der Waals surface area contributed by atoms with E-state index in [9.17, 15) is 13.2 Å². The molecule has 2 aromatic rings. The highest BCUT2D eigenvalue weighted by Crippen LogP contribution is 2.40. The summed E-state index contributed by atoms with van der Waals surface area (Å²) in [6.45, 7) is 0. The van der Waals surface area contributed by atoms with Crippen molar-refractivity contribution in [3.63, 3.8) is 0 Å². The molecular formula is C11H7Br2F3N2S. The number of alkyl halides is 3. The van der Waals surface area contributed by atoms with Crippen molar-refractivity contribution < 1.29 is 13.2 Å². The number of nitrogens with zero attached hydrogens (tertiary/aromatic N) is 1. The minimum absolute atomic E-state index is 0.0312. The minimum atomic E-state index is -4.44. The van der Waals surface area contributed by atoms with E-state index in [-0.39, 0.29) is 5.56 Å². The molecule has 2 nitrogen and oxygen atoms in total. The predicted octanol–water partition coefficient (Wildman–Crippen LogP) is 4.74. The van der Waals surface area contributed by atoms with Crippen molar-refractivity contribution in [3.8, 4) is 0 Å². The zero-order valence-electron chi connectivity index (χ0n) is 9.21. The SMILES string of the molecule is NC(c1cc(Br)c(Br)s1)c1cnccc1C(F)(F)F. The maximum atomic E-state index is 12.9. The summed E-state index contributed by atoms with van der Waals surface area (Å²) in [5, 5.41) is 0. The Morgan fingerprint density at radius 3 is 2.53 bits per heavy atom. The van der Waals surface area contributed by atoms with Crippen molar-refractivity contribution in [3.05, 3.63) is 48.8 Å². The summed E-state index contributed by atoms with van der Waals surface area (Å²) >= 11 is 7.86. The molecule has 2 N–H and O–H groups in total. The van der Waals surface area contributed by atoms with Gasteiger partial charge in [0.05, 0.1) is 15.4 Å². The number of nitrogens with two attached hydrogens (primary N) is 1. The second-order valence-electron chi connectivity index (χ2n) is 3.71. The fourth-order valence-electron chi connectivity index (χ4n) is 1.58. The lowest BCUT2D eigenvalue weighted by Gasteiger charge is -2.16. The van der Waals surface area contributed by atoms with E-state index >= 15 is 0 Å². The maximum Gasteiger partial charge on any atom is 0.416 e. The molecule has 0 saturated heterocycles. The van der Waals surface area contributed by atoms with Crippen LogP contribution in [0.2, 0.25) is 0 Å². The summed E-state index contributed by atoms with van der Waals surface area (Å²) in [4.78, 5) is 4.36. The number of thiophene rings is 1. The van der Waals surface area contributed by atoms with Crippen molar-refractivity contribution >= 4 is 43.2 Å². The van der Waals surface area contributed by atoms with Crippen LogP contribution in [-0.4, -0.2) is 4.98 Å². The number of rotatable bonds is 2. The fourth-order valence-corrected chi connectivity index (χ4v) is 3.69.